The van der Waals surface area contributed by atoms with Gasteiger partial charge in [0.25, 0.3) is 11.8 Å². The minimum atomic E-state index is -4.52. The van der Waals surface area contributed by atoms with Crippen molar-refractivity contribution in [2.24, 2.45) is 0 Å². The summed E-state index contributed by atoms with van der Waals surface area (Å²) in [5, 5.41) is 2.68. The van der Waals surface area contributed by atoms with Crippen LogP contribution >= 0.6 is 0 Å². The molecule has 2 aliphatic heterocycles. The van der Waals surface area contributed by atoms with E-state index in [0.29, 0.717) is 22.6 Å². The summed E-state index contributed by atoms with van der Waals surface area (Å²) in [5.41, 5.74) is -0.953. The second-order valence-corrected chi connectivity index (χ2v) is 10.6. The summed E-state index contributed by atoms with van der Waals surface area (Å²) in [4.78, 5) is 43.8. The molecule has 2 saturated heterocycles. The Kier molecular flexibility index (Phi) is 8.82. The zero-order chi connectivity index (χ0) is 31.5. The fraction of sp³-hybridized carbons (Fsp3) is 0.344. The fourth-order valence-corrected chi connectivity index (χ4v) is 5.60. The van der Waals surface area contributed by atoms with Crippen LogP contribution in [0, 0.1) is 0 Å². The van der Waals surface area contributed by atoms with Crippen molar-refractivity contribution in [3.8, 4) is 11.5 Å². The molecule has 1 atom stereocenters. The van der Waals surface area contributed by atoms with Crippen molar-refractivity contribution in [3.63, 3.8) is 0 Å². The SMILES string of the molecule is COc1ccc(C(=O)N2C(C(=O)NCc3cccc(C(F)(F)F)c3)COC23CCN(C(=O)c2cccc(OC)c2)CC3)cc1. The number of hydrogen-bond acceptors (Lipinski definition) is 6. The molecule has 2 fully saturated rings. The number of amides is 3. The van der Waals surface area contributed by atoms with E-state index in [0.717, 1.165) is 12.1 Å². The van der Waals surface area contributed by atoms with Gasteiger partial charge in [0.05, 0.1) is 26.4 Å². The molecule has 0 saturated carbocycles. The van der Waals surface area contributed by atoms with Crippen LogP contribution < -0.4 is 14.8 Å². The second kappa shape index (κ2) is 12.6. The van der Waals surface area contributed by atoms with Crippen LogP contribution in [0.2, 0.25) is 0 Å². The normalized spacial score (nSPS) is 17.8. The van der Waals surface area contributed by atoms with E-state index in [1.165, 1.54) is 31.3 Å². The van der Waals surface area contributed by atoms with Crippen LogP contribution in [-0.4, -0.2) is 73.2 Å². The number of rotatable bonds is 7. The number of halogens is 3. The monoisotopic (exact) mass is 611 g/mol. The van der Waals surface area contributed by atoms with Gasteiger partial charge in [-0.1, -0.05) is 18.2 Å². The van der Waals surface area contributed by atoms with E-state index >= 15 is 0 Å². The van der Waals surface area contributed by atoms with Crippen LogP contribution in [0.1, 0.15) is 44.7 Å². The Morgan fingerprint density at radius 3 is 2.23 bits per heavy atom. The number of ether oxygens (including phenoxy) is 3. The lowest BCUT2D eigenvalue weighted by Crippen LogP contribution is -2.59. The van der Waals surface area contributed by atoms with Gasteiger partial charge >= 0.3 is 6.18 Å². The number of likely N-dealkylation sites (tertiary alicyclic amines) is 1. The standard InChI is InChI=1S/C32H32F3N3O6/c1-42-25-11-9-22(10-12-25)30(41)38-27(28(39)36-19-21-5-3-7-24(17-21)32(33,34)35)20-44-31(38)13-15-37(16-14-31)29(40)23-6-4-8-26(18-23)43-2/h3-12,17-18,27H,13-16,19-20H2,1-2H3,(H,36,39). The van der Waals surface area contributed by atoms with Crippen LogP contribution in [-0.2, 0) is 22.3 Å². The van der Waals surface area contributed by atoms with E-state index in [1.54, 1.807) is 53.4 Å². The molecule has 1 N–H and O–H groups in total. The van der Waals surface area contributed by atoms with Crippen LogP contribution in [0.3, 0.4) is 0 Å². The van der Waals surface area contributed by atoms with Crippen LogP contribution in [0.4, 0.5) is 13.2 Å². The second-order valence-electron chi connectivity index (χ2n) is 10.6. The van der Waals surface area contributed by atoms with Crippen molar-refractivity contribution in [2.45, 2.75) is 37.3 Å². The van der Waals surface area contributed by atoms with Gasteiger partial charge in [-0.15, -0.1) is 0 Å². The molecule has 1 spiro atoms. The lowest BCUT2D eigenvalue weighted by atomic mass is 9.96. The average molecular weight is 612 g/mol. The molecule has 0 aromatic heterocycles. The van der Waals surface area contributed by atoms with Crippen LogP contribution in [0.5, 0.6) is 11.5 Å². The molecule has 0 bridgehead atoms. The number of piperidine rings is 1. The smallest absolute Gasteiger partial charge is 0.416 e. The molecule has 12 heteroatoms. The van der Waals surface area contributed by atoms with Crippen molar-refractivity contribution >= 4 is 17.7 Å². The van der Waals surface area contributed by atoms with Gasteiger partial charge in [0.15, 0.2) is 0 Å². The van der Waals surface area contributed by atoms with Gasteiger partial charge in [-0.25, -0.2) is 0 Å². The minimum Gasteiger partial charge on any atom is -0.497 e. The van der Waals surface area contributed by atoms with E-state index < -0.39 is 35.3 Å². The topological polar surface area (TPSA) is 97.4 Å². The number of carbonyl (C=O) groups is 3. The molecule has 232 valence electrons. The molecule has 3 amide bonds. The maximum atomic E-state index is 14.0. The highest BCUT2D eigenvalue weighted by atomic mass is 19.4. The van der Waals surface area contributed by atoms with Crippen LogP contribution in [0.25, 0.3) is 0 Å². The number of nitrogens with one attached hydrogen (secondary N) is 1. The Morgan fingerprint density at radius 1 is 0.886 bits per heavy atom. The summed E-state index contributed by atoms with van der Waals surface area (Å²) < 4.78 is 56.2. The molecule has 44 heavy (non-hydrogen) atoms. The highest BCUT2D eigenvalue weighted by molar-refractivity contribution is 5.99. The number of hydrogen-bond donors (Lipinski definition) is 1. The molecular weight excluding hydrogens is 579 g/mol. The number of methoxy groups -OCH3 is 2. The minimum absolute atomic E-state index is 0.111. The quantitative estimate of drug-likeness (QED) is 0.423. The Labute approximate surface area is 252 Å². The molecule has 9 nitrogen and oxygen atoms in total. The average Bonchev–Trinajstić information content (AvgIpc) is 3.41. The van der Waals surface area contributed by atoms with E-state index in [9.17, 15) is 27.6 Å². The van der Waals surface area contributed by atoms with Gasteiger partial charge in [-0.05, 0) is 60.2 Å². The molecule has 5 rings (SSSR count). The van der Waals surface area contributed by atoms with Gasteiger partial charge in [0.2, 0.25) is 5.91 Å². The zero-order valence-corrected chi connectivity index (χ0v) is 24.2. The highest BCUT2D eigenvalue weighted by Gasteiger charge is 2.54. The van der Waals surface area contributed by atoms with Gasteiger partial charge < -0.3 is 24.4 Å². The Bertz CT molecular complexity index is 1520. The molecule has 3 aromatic rings. The number of alkyl halides is 3. The first-order chi connectivity index (χ1) is 21.0. The fourth-order valence-electron chi connectivity index (χ4n) is 5.60. The third kappa shape index (κ3) is 6.35. The maximum absolute atomic E-state index is 14.0. The summed E-state index contributed by atoms with van der Waals surface area (Å²) in [6.45, 7) is 0.252. The van der Waals surface area contributed by atoms with Gasteiger partial charge in [0, 0.05) is 43.6 Å². The van der Waals surface area contributed by atoms with E-state index in [2.05, 4.69) is 5.32 Å². The van der Waals surface area contributed by atoms with Crippen molar-refractivity contribution in [2.75, 3.05) is 33.9 Å². The summed E-state index contributed by atoms with van der Waals surface area (Å²) in [6, 6.07) is 16.9. The Hall–Kier alpha value is -4.58. The number of benzene rings is 3. The summed E-state index contributed by atoms with van der Waals surface area (Å²) in [5.74, 6) is -0.0967. The molecular formula is C32H32F3N3O6. The Morgan fingerprint density at radius 2 is 1.57 bits per heavy atom. The lowest BCUT2D eigenvalue weighted by molar-refractivity contribution is -0.137. The van der Waals surface area contributed by atoms with E-state index in [4.69, 9.17) is 14.2 Å². The highest BCUT2D eigenvalue weighted by Crippen LogP contribution is 2.39. The first kappa shape index (κ1) is 30.9. The van der Waals surface area contributed by atoms with Crippen molar-refractivity contribution in [1.29, 1.82) is 0 Å². The first-order valence-electron chi connectivity index (χ1n) is 14.0. The van der Waals surface area contributed by atoms with Crippen molar-refractivity contribution in [1.82, 2.24) is 15.1 Å². The predicted octanol–water partition coefficient (Wildman–Crippen LogP) is 4.51. The van der Waals surface area contributed by atoms with Crippen molar-refractivity contribution in [3.05, 3.63) is 95.1 Å². The van der Waals surface area contributed by atoms with E-state index in [-0.39, 0.29) is 50.6 Å². The number of carbonyl (C=O) groups excluding carboxylic acids is 3. The Balaban J connectivity index is 1.36. The van der Waals surface area contributed by atoms with Gasteiger partial charge in [-0.2, -0.15) is 13.2 Å². The maximum Gasteiger partial charge on any atom is 0.416 e. The summed E-state index contributed by atoms with van der Waals surface area (Å²) >= 11 is 0. The van der Waals surface area contributed by atoms with Crippen molar-refractivity contribution < 1.29 is 41.8 Å². The largest absolute Gasteiger partial charge is 0.497 e. The van der Waals surface area contributed by atoms with Crippen LogP contribution in [0.15, 0.2) is 72.8 Å². The van der Waals surface area contributed by atoms with Gasteiger partial charge in [-0.3, -0.25) is 19.3 Å². The van der Waals surface area contributed by atoms with E-state index in [1.807, 2.05) is 0 Å². The molecule has 2 aliphatic rings. The summed E-state index contributed by atoms with van der Waals surface area (Å²) in [6.07, 6.45) is -4.01. The molecule has 1 unspecified atom stereocenters. The first-order valence-corrected chi connectivity index (χ1v) is 14.0. The predicted molar refractivity (Wildman–Crippen MR) is 153 cm³/mol. The molecule has 0 aliphatic carbocycles. The molecule has 3 aromatic carbocycles. The van der Waals surface area contributed by atoms with Gasteiger partial charge in [0.1, 0.15) is 23.3 Å². The summed E-state index contributed by atoms with van der Waals surface area (Å²) in [7, 11) is 3.03. The molecule has 0 radical (unpaired) electrons. The molecule has 2 heterocycles. The third-order valence-corrected chi connectivity index (χ3v) is 7.99. The number of nitrogens with zero attached hydrogens (tertiary/aromatic N) is 2. The lowest BCUT2D eigenvalue weighted by Gasteiger charge is -2.44. The third-order valence-electron chi connectivity index (χ3n) is 7.99. The zero-order valence-electron chi connectivity index (χ0n) is 24.2.